The van der Waals surface area contributed by atoms with Gasteiger partial charge in [-0.15, -0.1) is 0 Å². The molecular weight excluding hydrogens is 526 g/mol. The maximum atomic E-state index is 6.83. The van der Waals surface area contributed by atoms with Crippen LogP contribution in [0.4, 0.5) is 5.69 Å². The lowest BCUT2D eigenvalue weighted by Crippen LogP contribution is -2.50. The minimum Gasteiger partial charge on any atom is -0.378 e. The molecule has 0 radical (unpaired) electrons. The highest BCUT2D eigenvalue weighted by Gasteiger charge is 2.60. The molecule has 5 aliphatic rings. The third-order valence-corrected chi connectivity index (χ3v) is 13.1. The van der Waals surface area contributed by atoms with Crippen LogP contribution in [-0.4, -0.2) is 38.5 Å². The number of ether oxygens (including phenoxy) is 2. The zero-order chi connectivity index (χ0) is 30.4. The molecule has 4 saturated carbocycles. The van der Waals surface area contributed by atoms with E-state index in [1.54, 1.807) is 5.56 Å². The molecule has 7 atom stereocenters. The lowest BCUT2D eigenvalue weighted by molar-refractivity contribution is -0.109. The van der Waals surface area contributed by atoms with Gasteiger partial charge in [-0.05, 0) is 137 Å². The van der Waals surface area contributed by atoms with Crippen molar-refractivity contribution in [1.29, 1.82) is 0 Å². The van der Waals surface area contributed by atoms with E-state index < -0.39 is 0 Å². The smallest absolute Gasteiger partial charge is 0.0691 e. The van der Waals surface area contributed by atoms with E-state index in [1.807, 2.05) is 11.1 Å². The molecule has 0 N–H and O–H groups in total. The first-order chi connectivity index (χ1) is 20.6. The van der Waals surface area contributed by atoms with Crippen LogP contribution < -0.4 is 4.90 Å². The van der Waals surface area contributed by atoms with Gasteiger partial charge in [0.25, 0.3) is 0 Å². The molecule has 240 valence electrons. The van der Waals surface area contributed by atoms with Gasteiger partial charge in [0.05, 0.1) is 11.2 Å². The zero-order valence-electron chi connectivity index (χ0n) is 28.9. The summed E-state index contributed by atoms with van der Waals surface area (Å²) >= 11 is 0. The van der Waals surface area contributed by atoms with Crippen LogP contribution in [-0.2, 0) is 9.47 Å². The van der Waals surface area contributed by atoms with Crippen molar-refractivity contribution in [3.05, 3.63) is 41.0 Å². The van der Waals surface area contributed by atoms with Gasteiger partial charge < -0.3 is 14.4 Å². The lowest BCUT2D eigenvalue weighted by Gasteiger charge is -2.56. The molecule has 0 spiro atoms. The van der Waals surface area contributed by atoms with Crippen molar-refractivity contribution in [1.82, 2.24) is 0 Å². The van der Waals surface area contributed by atoms with Gasteiger partial charge in [0.2, 0.25) is 0 Å². The minimum atomic E-state index is -0.0548. The fourth-order valence-corrected chi connectivity index (χ4v) is 11.0. The van der Waals surface area contributed by atoms with Crippen LogP contribution in [0.2, 0.25) is 0 Å². The van der Waals surface area contributed by atoms with Gasteiger partial charge in [0, 0.05) is 38.9 Å². The van der Waals surface area contributed by atoms with Gasteiger partial charge in [-0.1, -0.05) is 63.3 Å². The molecule has 1 aromatic carbocycles. The predicted octanol–water partition coefficient (Wildman–Crippen LogP) is 10.3. The molecule has 5 aliphatic carbocycles. The Hall–Kier alpha value is -1.32. The second kappa shape index (κ2) is 12.5. The van der Waals surface area contributed by atoms with Crippen molar-refractivity contribution in [3.63, 3.8) is 0 Å². The standard InChI is InChI=1S/C40H63NO2/c1-8-22-40(43-24-9-2)23-20-32-30(26-40)14-17-33-35-18-19-36(38(3,4)42-25-21-28-10-11-28)39(35,5)27-34(37(32)33)29-12-15-31(16-13-29)41(6)7/h12-13,15-16,28,30,33-36H,8-11,14,17-27H2,1-7H3/t30?,33?,34-,35?,36-,39+,40?/m1/s1. The number of benzene rings is 1. The number of fused-ring (bicyclic) bond motifs is 4. The molecule has 4 unspecified atom stereocenters. The van der Waals surface area contributed by atoms with Crippen molar-refractivity contribution < 1.29 is 9.47 Å². The summed E-state index contributed by atoms with van der Waals surface area (Å²) in [6, 6.07) is 9.70. The van der Waals surface area contributed by atoms with Crippen molar-refractivity contribution in [2.45, 2.75) is 142 Å². The van der Waals surface area contributed by atoms with Gasteiger partial charge in [-0.3, -0.25) is 0 Å². The van der Waals surface area contributed by atoms with Crippen LogP contribution in [0.25, 0.3) is 0 Å². The van der Waals surface area contributed by atoms with Gasteiger partial charge in [0.15, 0.2) is 0 Å². The van der Waals surface area contributed by atoms with E-state index in [9.17, 15) is 0 Å². The second-order valence-corrected chi connectivity index (χ2v) is 16.5. The molecule has 0 aromatic heterocycles. The fourth-order valence-electron chi connectivity index (χ4n) is 11.0. The summed E-state index contributed by atoms with van der Waals surface area (Å²) < 4.78 is 13.6. The molecule has 0 heterocycles. The summed E-state index contributed by atoms with van der Waals surface area (Å²) in [6.07, 6.45) is 18.2. The van der Waals surface area contributed by atoms with E-state index in [1.165, 1.54) is 89.2 Å². The molecule has 43 heavy (non-hydrogen) atoms. The Morgan fingerprint density at radius 2 is 1.67 bits per heavy atom. The summed E-state index contributed by atoms with van der Waals surface area (Å²) in [5.74, 6) is 4.36. The summed E-state index contributed by atoms with van der Waals surface area (Å²) in [7, 11) is 4.32. The normalized spacial score (nSPS) is 35.8. The van der Waals surface area contributed by atoms with Crippen molar-refractivity contribution in [2.24, 2.45) is 35.0 Å². The number of hydrogen-bond acceptors (Lipinski definition) is 3. The molecule has 0 aliphatic heterocycles. The molecule has 4 fully saturated rings. The molecule has 6 rings (SSSR count). The van der Waals surface area contributed by atoms with E-state index >= 15 is 0 Å². The van der Waals surface area contributed by atoms with Crippen molar-refractivity contribution >= 4 is 5.69 Å². The Morgan fingerprint density at radius 3 is 2.35 bits per heavy atom. The molecule has 3 nitrogen and oxygen atoms in total. The molecule has 1 aromatic rings. The van der Waals surface area contributed by atoms with Crippen LogP contribution in [0, 0.1) is 35.0 Å². The first kappa shape index (κ1) is 31.7. The highest BCUT2D eigenvalue weighted by molar-refractivity contribution is 5.49. The van der Waals surface area contributed by atoms with Gasteiger partial charge in [-0.2, -0.15) is 0 Å². The summed E-state index contributed by atoms with van der Waals surface area (Å²) in [5, 5.41) is 0. The summed E-state index contributed by atoms with van der Waals surface area (Å²) in [5.41, 5.74) is 7.00. The van der Waals surface area contributed by atoms with E-state index in [0.29, 0.717) is 17.3 Å². The summed E-state index contributed by atoms with van der Waals surface area (Å²) in [4.78, 5) is 2.24. The SMILES string of the molecule is CCCOC1(CCC)CCC2=C3C(CCC2C1)C1CC[C@H](C(C)(C)OCCC2CC2)[C@@]1(C)C[C@@H]3c1ccc(N(C)C)cc1. The third-order valence-electron chi connectivity index (χ3n) is 13.1. The van der Waals surface area contributed by atoms with Crippen molar-refractivity contribution in [2.75, 3.05) is 32.2 Å². The van der Waals surface area contributed by atoms with E-state index in [4.69, 9.17) is 9.47 Å². The average Bonchev–Trinajstić information content (AvgIpc) is 3.74. The number of allylic oxidation sites excluding steroid dienone is 2. The maximum Gasteiger partial charge on any atom is 0.0691 e. The van der Waals surface area contributed by atoms with Crippen LogP contribution in [0.5, 0.6) is 0 Å². The highest BCUT2D eigenvalue weighted by Crippen LogP contribution is 2.68. The van der Waals surface area contributed by atoms with E-state index in [2.05, 4.69) is 77.9 Å². The van der Waals surface area contributed by atoms with Gasteiger partial charge >= 0.3 is 0 Å². The fraction of sp³-hybridized carbons (Fsp3) is 0.800. The van der Waals surface area contributed by atoms with Gasteiger partial charge in [0.1, 0.15) is 0 Å². The Labute approximate surface area is 264 Å². The number of rotatable bonds is 12. The monoisotopic (exact) mass is 589 g/mol. The van der Waals surface area contributed by atoms with Crippen LogP contribution in [0.3, 0.4) is 0 Å². The zero-order valence-corrected chi connectivity index (χ0v) is 28.9. The van der Waals surface area contributed by atoms with Crippen LogP contribution in [0.1, 0.15) is 136 Å². The Kier molecular flexibility index (Phi) is 9.18. The molecule has 3 heteroatoms. The number of anilines is 1. The first-order valence-corrected chi connectivity index (χ1v) is 18.4. The molecular formula is C40H63NO2. The van der Waals surface area contributed by atoms with E-state index in [-0.39, 0.29) is 11.2 Å². The number of hydrogen-bond donors (Lipinski definition) is 0. The number of nitrogens with zero attached hydrogens (tertiary/aromatic N) is 1. The first-order valence-electron chi connectivity index (χ1n) is 18.4. The third kappa shape index (κ3) is 6.13. The quantitative estimate of drug-likeness (QED) is 0.226. The highest BCUT2D eigenvalue weighted by atomic mass is 16.5. The predicted molar refractivity (Wildman–Crippen MR) is 181 cm³/mol. The molecule has 0 amide bonds. The van der Waals surface area contributed by atoms with E-state index in [0.717, 1.165) is 43.3 Å². The Bertz CT molecular complexity index is 1130. The maximum absolute atomic E-state index is 6.83. The van der Waals surface area contributed by atoms with Crippen LogP contribution in [0.15, 0.2) is 35.4 Å². The molecule has 0 bridgehead atoms. The van der Waals surface area contributed by atoms with Crippen LogP contribution >= 0.6 is 0 Å². The molecule has 0 saturated heterocycles. The lowest BCUT2D eigenvalue weighted by atomic mass is 9.49. The largest absolute Gasteiger partial charge is 0.378 e. The van der Waals surface area contributed by atoms with Crippen molar-refractivity contribution in [3.8, 4) is 0 Å². The summed E-state index contributed by atoms with van der Waals surface area (Å²) in [6.45, 7) is 14.1. The topological polar surface area (TPSA) is 21.7 Å². The Morgan fingerprint density at radius 1 is 0.907 bits per heavy atom. The van der Waals surface area contributed by atoms with Gasteiger partial charge in [-0.25, -0.2) is 0 Å². The Balaban J connectivity index is 1.35. The second-order valence-electron chi connectivity index (χ2n) is 16.5. The average molecular weight is 590 g/mol. The minimum absolute atomic E-state index is 0.0548.